The minimum Gasteiger partial charge on any atom is -0.340 e. The zero-order chi connectivity index (χ0) is 13.9. The number of piperazine rings is 1. The number of hydrogen-bond acceptors (Lipinski definition) is 5. The van der Waals surface area contributed by atoms with Crippen LogP contribution in [0.4, 0.5) is 5.95 Å². The van der Waals surface area contributed by atoms with Crippen LogP contribution >= 0.6 is 0 Å². The number of nitrogens with zero attached hydrogens (tertiary/aromatic N) is 4. The number of nitrogens with one attached hydrogen (secondary N) is 1. The predicted octanol–water partition coefficient (Wildman–Crippen LogP) is 0.584. The first-order chi connectivity index (χ1) is 9.72. The predicted molar refractivity (Wildman–Crippen MR) is 77.8 cm³/mol. The topological polar surface area (TPSA) is 65.1 Å². The molecule has 6 heteroatoms. The highest BCUT2D eigenvalue weighted by Gasteiger charge is 2.16. The molecule has 2 aromatic rings. The molecule has 1 N–H and O–H groups in total. The third-order valence-electron chi connectivity index (χ3n) is 3.51. The van der Waals surface area contributed by atoms with Crippen LogP contribution in [0.25, 0.3) is 11.3 Å². The fraction of sp³-hybridized carbons (Fsp3) is 0.357. The van der Waals surface area contributed by atoms with Crippen molar-refractivity contribution in [3.63, 3.8) is 0 Å². The molecule has 1 fully saturated rings. The molecule has 1 saturated heterocycles. The van der Waals surface area contributed by atoms with E-state index < -0.39 is 0 Å². The molecule has 0 spiro atoms. The fourth-order valence-corrected chi connectivity index (χ4v) is 2.28. The van der Waals surface area contributed by atoms with Crippen LogP contribution in [0.1, 0.15) is 0 Å². The molecule has 0 aromatic carbocycles. The van der Waals surface area contributed by atoms with Crippen molar-refractivity contribution in [3.8, 4) is 11.3 Å². The van der Waals surface area contributed by atoms with Crippen molar-refractivity contribution in [3.05, 3.63) is 40.9 Å². The van der Waals surface area contributed by atoms with Gasteiger partial charge < -0.3 is 9.80 Å². The Morgan fingerprint density at radius 1 is 1.15 bits per heavy atom. The van der Waals surface area contributed by atoms with E-state index >= 15 is 0 Å². The van der Waals surface area contributed by atoms with Gasteiger partial charge in [-0.25, -0.2) is 4.98 Å². The van der Waals surface area contributed by atoms with Gasteiger partial charge in [-0.15, -0.1) is 0 Å². The molecular formula is C14H17N5O. The maximum atomic E-state index is 11.8. The highest BCUT2D eigenvalue weighted by Crippen LogP contribution is 2.17. The molecular weight excluding hydrogens is 254 g/mol. The maximum absolute atomic E-state index is 11.8. The Balaban J connectivity index is 1.93. The van der Waals surface area contributed by atoms with E-state index in [1.165, 1.54) is 6.07 Å². The Bertz CT molecular complexity index is 632. The van der Waals surface area contributed by atoms with E-state index in [4.69, 9.17) is 0 Å². The average Bonchev–Trinajstić information content (AvgIpc) is 2.48. The number of anilines is 1. The standard InChI is InChI=1S/C14H17N5O/c1-18-6-8-19(9-7-18)14-16-12(10-13(20)17-14)11-2-4-15-5-3-11/h2-5,10H,6-9H2,1H3,(H,16,17,20). The second-order valence-electron chi connectivity index (χ2n) is 4.98. The Labute approximate surface area is 117 Å². The zero-order valence-corrected chi connectivity index (χ0v) is 11.4. The van der Waals surface area contributed by atoms with Crippen molar-refractivity contribution in [2.24, 2.45) is 0 Å². The summed E-state index contributed by atoms with van der Waals surface area (Å²) in [4.78, 5) is 27.6. The van der Waals surface area contributed by atoms with E-state index in [1.54, 1.807) is 12.4 Å². The lowest BCUT2D eigenvalue weighted by molar-refractivity contribution is 0.311. The van der Waals surface area contributed by atoms with Crippen LogP contribution in [0, 0.1) is 0 Å². The molecule has 0 amide bonds. The van der Waals surface area contributed by atoms with Crippen molar-refractivity contribution in [2.45, 2.75) is 0 Å². The lowest BCUT2D eigenvalue weighted by atomic mass is 10.2. The molecule has 0 saturated carbocycles. The largest absolute Gasteiger partial charge is 0.340 e. The SMILES string of the molecule is CN1CCN(c2nc(-c3ccncc3)cc(=O)[nH]2)CC1. The second-order valence-corrected chi connectivity index (χ2v) is 4.98. The summed E-state index contributed by atoms with van der Waals surface area (Å²) in [6.07, 6.45) is 3.40. The van der Waals surface area contributed by atoms with Crippen molar-refractivity contribution < 1.29 is 0 Å². The molecule has 2 aromatic heterocycles. The summed E-state index contributed by atoms with van der Waals surface area (Å²) < 4.78 is 0. The lowest BCUT2D eigenvalue weighted by Gasteiger charge is -2.32. The Morgan fingerprint density at radius 2 is 1.85 bits per heavy atom. The molecule has 20 heavy (non-hydrogen) atoms. The summed E-state index contributed by atoms with van der Waals surface area (Å²) in [5.41, 5.74) is 1.47. The summed E-state index contributed by atoms with van der Waals surface area (Å²) in [6.45, 7) is 3.70. The van der Waals surface area contributed by atoms with Gasteiger partial charge in [-0.1, -0.05) is 0 Å². The van der Waals surface area contributed by atoms with Gasteiger partial charge in [0.2, 0.25) is 5.95 Å². The first kappa shape index (κ1) is 12.8. The lowest BCUT2D eigenvalue weighted by Crippen LogP contribution is -2.45. The van der Waals surface area contributed by atoms with Gasteiger partial charge in [0.05, 0.1) is 5.69 Å². The van der Waals surface area contributed by atoms with Crippen LogP contribution in [-0.2, 0) is 0 Å². The first-order valence-corrected chi connectivity index (χ1v) is 6.67. The van der Waals surface area contributed by atoms with Crippen LogP contribution in [0.5, 0.6) is 0 Å². The molecule has 1 aliphatic rings. The maximum Gasteiger partial charge on any atom is 0.252 e. The van der Waals surface area contributed by atoms with Gasteiger partial charge in [-0.3, -0.25) is 14.8 Å². The summed E-state index contributed by atoms with van der Waals surface area (Å²) in [5.74, 6) is 0.650. The summed E-state index contributed by atoms with van der Waals surface area (Å²) >= 11 is 0. The second kappa shape index (κ2) is 5.42. The van der Waals surface area contributed by atoms with Crippen molar-refractivity contribution in [2.75, 3.05) is 38.1 Å². The molecule has 3 rings (SSSR count). The van der Waals surface area contributed by atoms with Crippen molar-refractivity contribution in [1.82, 2.24) is 19.9 Å². The number of pyridine rings is 1. The molecule has 0 radical (unpaired) electrons. The van der Waals surface area contributed by atoms with E-state index in [0.717, 1.165) is 31.7 Å². The van der Waals surface area contributed by atoms with Gasteiger partial charge in [-0.05, 0) is 19.2 Å². The quantitative estimate of drug-likeness (QED) is 0.865. The molecule has 0 atom stereocenters. The van der Waals surface area contributed by atoms with E-state index in [2.05, 4.69) is 31.8 Å². The molecule has 0 unspecified atom stereocenters. The van der Waals surface area contributed by atoms with Gasteiger partial charge in [0, 0.05) is 50.2 Å². The monoisotopic (exact) mass is 271 g/mol. The van der Waals surface area contributed by atoms with E-state index in [-0.39, 0.29) is 5.56 Å². The highest BCUT2D eigenvalue weighted by molar-refractivity contribution is 5.59. The van der Waals surface area contributed by atoms with Crippen LogP contribution < -0.4 is 10.5 Å². The normalized spacial score (nSPS) is 16.4. The number of aromatic amines is 1. The molecule has 0 bridgehead atoms. The number of H-pyrrole nitrogens is 1. The van der Waals surface area contributed by atoms with Crippen LogP contribution in [0.2, 0.25) is 0 Å². The smallest absolute Gasteiger partial charge is 0.252 e. The van der Waals surface area contributed by atoms with E-state index in [0.29, 0.717) is 11.6 Å². The number of aromatic nitrogens is 3. The summed E-state index contributed by atoms with van der Waals surface area (Å²) in [5, 5.41) is 0. The minimum atomic E-state index is -0.124. The van der Waals surface area contributed by atoms with Gasteiger partial charge in [0.25, 0.3) is 5.56 Å². The van der Waals surface area contributed by atoms with Gasteiger partial charge >= 0.3 is 0 Å². The Hall–Kier alpha value is -2.21. The third kappa shape index (κ3) is 2.70. The molecule has 6 nitrogen and oxygen atoms in total. The van der Waals surface area contributed by atoms with Gasteiger partial charge in [-0.2, -0.15) is 0 Å². The fourth-order valence-electron chi connectivity index (χ4n) is 2.28. The highest BCUT2D eigenvalue weighted by atomic mass is 16.1. The Morgan fingerprint density at radius 3 is 2.55 bits per heavy atom. The third-order valence-corrected chi connectivity index (χ3v) is 3.51. The molecule has 3 heterocycles. The first-order valence-electron chi connectivity index (χ1n) is 6.67. The van der Waals surface area contributed by atoms with Crippen LogP contribution in [0.15, 0.2) is 35.4 Å². The van der Waals surface area contributed by atoms with Crippen LogP contribution in [0.3, 0.4) is 0 Å². The van der Waals surface area contributed by atoms with Gasteiger partial charge in [0.1, 0.15) is 0 Å². The number of likely N-dealkylation sites (N-methyl/N-ethyl adjacent to an activating group) is 1. The Kier molecular flexibility index (Phi) is 3.47. The molecule has 104 valence electrons. The molecule has 0 aliphatic carbocycles. The molecule has 1 aliphatic heterocycles. The zero-order valence-electron chi connectivity index (χ0n) is 11.4. The van der Waals surface area contributed by atoms with Crippen molar-refractivity contribution in [1.29, 1.82) is 0 Å². The van der Waals surface area contributed by atoms with Gasteiger partial charge in [0.15, 0.2) is 0 Å². The summed E-state index contributed by atoms with van der Waals surface area (Å²) in [7, 11) is 2.10. The summed E-state index contributed by atoms with van der Waals surface area (Å²) in [6, 6.07) is 5.24. The van der Waals surface area contributed by atoms with Crippen LogP contribution in [-0.4, -0.2) is 53.1 Å². The van der Waals surface area contributed by atoms with Crippen molar-refractivity contribution >= 4 is 5.95 Å². The average molecular weight is 271 g/mol. The van der Waals surface area contributed by atoms with E-state index in [9.17, 15) is 4.79 Å². The number of rotatable bonds is 2. The number of hydrogen-bond donors (Lipinski definition) is 1. The minimum absolute atomic E-state index is 0.124. The van der Waals surface area contributed by atoms with E-state index in [1.807, 2.05) is 12.1 Å².